The molecule has 0 bridgehead atoms. The zero-order valence-electron chi connectivity index (χ0n) is 11.4. The number of nitrogens with zero attached hydrogens (tertiary/aromatic N) is 1. The first-order chi connectivity index (χ1) is 9.54. The van der Waals surface area contributed by atoms with Gasteiger partial charge in [-0.25, -0.2) is 8.42 Å². The molecule has 1 saturated heterocycles. The van der Waals surface area contributed by atoms with E-state index in [0.717, 1.165) is 25.7 Å². The number of halogens is 1. The molecule has 1 aromatic rings. The third-order valence-corrected chi connectivity index (χ3v) is 6.31. The molecule has 0 amide bonds. The lowest BCUT2D eigenvalue weighted by Gasteiger charge is -2.24. The largest absolute Gasteiger partial charge is 0.495 e. The van der Waals surface area contributed by atoms with Crippen molar-refractivity contribution >= 4 is 21.6 Å². The van der Waals surface area contributed by atoms with E-state index >= 15 is 0 Å². The Bertz CT molecular complexity index is 613. The maximum absolute atomic E-state index is 12.9. The van der Waals surface area contributed by atoms with E-state index in [1.165, 1.54) is 13.2 Å². The molecule has 0 spiro atoms. The molecule has 1 aromatic carbocycles. The lowest BCUT2D eigenvalue weighted by molar-refractivity contribution is 0.351. The van der Waals surface area contributed by atoms with Crippen molar-refractivity contribution in [1.29, 1.82) is 0 Å². The Kier molecular flexibility index (Phi) is 3.69. The predicted octanol–water partition coefficient (Wildman–Crippen LogP) is 2.91. The number of hydrogen-bond donors (Lipinski definition) is 0. The van der Waals surface area contributed by atoms with Crippen LogP contribution < -0.4 is 4.74 Å². The minimum Gasteiger partial charge on any atom is -0.495 e. The average molecular weight is 316 g/mol. The Labute approximate surface area is 124 Å². The molecule has 4 nitrogen and oxygen atoms in total. The molecule has 1 aliphatic carbocycles. The van der Waals surface area contributed by atoms with Gasteiger partial charge in [0.05, 0.1) is 7.11 Å². The molecule has 2 fully saturated rings. The van der Waals surface area contributed by atoms with Crippen molar-refractivity contribution in [2.24, 2.45) is 5.92 Å². The lowest BCUT2D eigenvalue weighted by atomic mass is 10.1. The van der Waals surface area contributed by atoms with Crippen LogP contribution in [0.1, 0.15) is 25.7 Å². The lowest BCUT2D eigenvalue weighted by Crippen LogP contribution is -2.36. The first-order valence-corrected chi connectivity index (χ1v) is 8.71. The molecule has 0 aromatic heterocycles. The zero-order chi connectivity index (χ0) is 14.3. The zero-order valence-corrected chi connectivity index (χ0v) is 13.0. The van der Waals surface area contributed by atoms with Gasteiger partial charge in [-0.2, -0.15) is 4.31 Å². The Hall–Kier alpha value is -0.780. The summed E-state index contributed by atoms with van der Waals surface area (Å²) < 4.78 is 32.6. The molecule has 3 rings (SSSR count). The van der Waals surface area contributed by atoms with E-state index in [4.69, 9.17) is 16.3 Å². The predicted molar refractivity (Wildman–Crippen MR) is 77.6 cm³/mol. The second-order valence-corrected chi connectivity index (χ2v) is 7.75. The van der Waals surface area contributed by atoms with Gasteiger partial charge in [0.25, 0.3) is 0 Å². The van der Waals surface area contributed by atoms with Gasteiger partial charge >= 0.3 is 0 Å². The standard InChI is InChI=1S/C14H18ClNO3S/c1-19-13-7-6-11(15)9-14(13)20(17,18)16-8-2-3-12(16)10-4-5-10/h6-7,9-10,12H,2-5,8H2,1H3. The summed E-state index contributed by atoms with van der Waals surface area (Å²) in [6.45, 7) is 0.596. The number of ether oxygens (including phenoxy) is 1. The summed E-state index contributed by atoms with van der Waals surface area (Å²) in [5, 5.41) is 0.409. The first kappa shape index (κ1) is 14.2. The van der Waals surface area contributed by atoms with Crippen LogP contribution in [0.5, 0.6) is 5.75 Å². The maximum Gasteiger partial charge on any atom is 0.247 e. The monoisotopic (exact) mass is 315 g/mol. The van der Waals surface area contributed by atoms with Crippen molar-refractivity contribution in [3.63, 3.8) is 0 Å². The minimum absolute atomic E-state index is 0.156. The van der Waals surface area contributed by atoms with Gasteiger partial charge in [-0.3, -0.25) is 0 Å². The van der Waals surface area contributed by atoms with Crippen LogP contribution in [0.15, 0.2) is 23.1 Å². The summed E-state index contributed by atoms with van der Waals surface area (Å²) in [6.07, 6.45) is 4.18. The molecule has 1 unspecified atom stereocenters. The van der Waals surface area contributed by atoms with Crippen LogP contribution in [0, 0.1) is 5.92 Å². The fraction of sp³-hybridized carbons (Fsp3) is 0.571. The van der Waals surface area contributed by atoms with E-state index in [9.17, 15) is 8.42 Å². The normalized spacial score (nSPS) is 24.0. The quantitative estimate of drug-likeness (QED) is 0.858. The number of methoxy groups -OCH3 is 1. The van der Waals surface area contributed by atoms with Gasteiger partial charge in [-0.1, -0.05) is 11.6 Å². The van der Waals surface area contributed by atoms with E-state index in [1.807, 2.05) is 0 Å². The van der Waals surface area contributed by atoms with Crippen molar-refractivity contribution in [3.8, 4) is 5.75 Å². The average Bonchev–Trinajstić information content (AvgIpc) is 3.15. The van der Waals surface area contributed by atoms with Gasteiger partial charge in [0, 0.05) is 17.6 Å². The van der Waals surface area contributed by atoms with E-state index in [0.29, 0.717) is 23.2 Å². The Morgan fingerprint density at radius 3 is 2.70 bits per heavy atom. The van der Waals surface area contributed by atoms with Crippen LogP contribution in [0.3, 0.4) is 0 Å². The molecule has 2 aliphatic rings. The van der Waals surface area contributed by atoms with Crippen LogP contribution in [0.25, 0.3) is 0 Å². The van der Waals surface area contributed by atoms with Crippen molar-refractivity contribution < 1.29 is 13.2 Å². The highest BCUT2D eigenvalue weighted by Gasteiger charge is 2.44. The van der Waals surface area contributed by atoms with E-state index in [-0.39, 0.29) is 10.9 Å². The van der Waals surface area contributed by atoms with Crippen LogP contribution in [0.2, 0.25) is 5.02 Å². The number of hydrogen-bond acceptors (Lipinski definition) is 3. The van der Waals surface area contributed by atoms with Crippen LogP contribution in [-0.4, -0.2) is 32.4 Å². The number of sulfonamides is 1. The van der Waals surface area contributed by atoms with Gasteiger partial charge in [0.1, 0.15) is 10.6 Å². The van der Waals surface area contributed by atoms with Crippen LogP contribution in [0.4, 0.5) is 0 Å². The third kappa shape index (κ3) is 2.43. The molecular weight excluding hydrogens is 298 g/mol. The number of rotatable bonds is 4. The van der Waals surface area contributed by atoms with Gasteiger partial charge in [-0.15, -0.1) is 0 Å². The second kappa shape index (κ2) is 5.20. The summed E-state index contributed by atoms with van der Waals surface area (Å²) >= 11 is 5.96. The Morgan fingerprint density at radius 1 is 1.30 bits per heavy atom. The highest BCUT2D eigenvalue weighted by Crippen LogP contribution is 2.43. The molecule has 1 saturated carbocycles. The SMILES string of the molecule is COc1ccc(Cl)cc1S(=O)(=O)N1CCCC1C1CC1. The highest BCUT2D eigenvalue weighted by molar-refractivity contribution is 7.89. The second-order valence-electron chi connectivity index (χ2n) is 5.46. The Balaban J connectivity index is 2.01. The minimum atomic E-state index is -3.53. The van der Waals surface area contributed by atoms with Crippen LogP contribution in [-0.2, 0) is 10.0 Å². The fourth-order valence-corrected chi connectivity index (χ4v) is 5.17. The smallest absolute Gasteiger partial charge is 0.247 e. The molecule has 1 heterocycles. The summed E-state index contributed by atoms with van der Waals surface area (Å²) in [6, 6.07) is 4.89. The van der Waals surface area contributed by atoms with Crippen LogP contribution >= 0.6 is 11.6 Å². The Morgan fingerprint density at radius 2 is 2.05 bits per heavy atom. The van der Waals surface area contributed by atoms with Crippen molar-refractivity contribution in [1.82, 2.24) is 4.31 Å². The molecule has 0 N–H and O–H groups in total. The van der Waals surface area contributed by atoms with Crippen molar-refractivity contribution in [2.45, 2.75) is 36.6 Å². The molecule has 20 heavy (non-hydrogen) atoms. The molecular formula is C14H18ClNO3S. The summed E-state index contributed by atoms with van der Waals surface area (Å²) in [5.74, 6) is 0.897. The maximum atomic E-state index is 12.9. The van der Waals surface area contributed by atoms with E-state index < -0.39 is 10.0 Å². The topological polar surface area (TPSA) is 46.6 Å². The van der Waals surface area contributed by atoms with Gasteiger partial charge in [0.15, 0.2) is 0 Å². The van der Waals surface area contributed by atoms with Gasteiger partial charge < -0.3 is 4.74 Å². The molecule has 1 aliphatic heterocycles. The molecule has 1 atom stereocenters. The third-order valence-electron chi connectivity index (χ3n) is 4.13. The summed E-state index contributed by atoms with van der Waals surface area (Å²) in [5.41, 5.74) is 0. The van der Waals surface area contributed by atoms with Gasteiger partial charge in [-0.05, 0) is 49.8 Å². The highest BCUT2D eigenvalue weighted by atomic mass is 35.5. The number of benzene rings is 1. The first-order valence-electron chi connectivity index (χ1n) is 6.89. The van der Waals surface area contributed by atoms with Crippen molar-refractivity contribution in [2.75, 3.05) is 13.7 Å². The molecule has 110 valence electrons. The molecule has 0 radical (unpaired) electrons. The fourth-order valence-electron chi connectivity index (χ4n) is 2.99. The molecule has 6 heteroatoms. The summed E-state index contributed by atoms with van der Waals surface area (Å²) in [7, 11) is -2.06. The van der Waals surface area contributed by atoms with Gasteiger partial charge in [0.2, 0.25) is 10.0 Å². The van der Waals surface area contributed by atoms with E-state index in [1.54, 1.807) is 16.4 Å². The van der Waals surface area contributed by atoms with E-state index in [2.05, 4.69) is 0 Å². The van der Waals surface area contributed by atoms with Crippen molar-refractivity contribution in [3.05, 3.63) is 23.2 Å². The summed E-state index contributed by atoms with van der Waals surface area (Å²) in [4.78, 5) is 0.181.